The normalized spacial score (nSPS) is 28.9. The minimum atomic E-state index is -0.353. The van der Waals surface area contributed by atoms with E-state index in [1.54, 1.807) is 17.0 Å². The van der Waals surface area contributed by atoms with Gasteiger partial charge in [-0.1, -0.05) is 37.1 Å². The summed E-state index contributed by atoms with van der Waals surface area (Å²) in [6, 6.07) is 7.25. The number of nitrogens with one attached hydrogen (secondary N) is 3. The van der Waals surface area contributed by atoms with Crippen LogP contribution < -0.4 is 16.4 Å². The average molecular weight is 383 g/mol. The number of rotatable bonds is 5. The summed E-state index contributed by atoms with van der Waals surface area (Å²) in [6.07, 6.45) is 6.54. The molecule has 2 aliphatic heterocycles. The van der Waals surface area contributed by atoms with E-state index >= 15 is 0 Å². The number of fused-ring (bicyclic) bond motifs is 1. The lowest BCUT2D eigenvalue weighted by Gasteiger charge is -2.41. The van der Waals surface area contributed by atoms with Crippen LogP contribution >= 0.6 is 0 Å². The molecule has 2 heterocycles. The summed E-state index contributed by atoms with van der Waals surface area (Å²) in [5.74, 6) is 0.645. The minimum Gasteiger partial charge on any atom is -0.384 e. The first-order chi connectivity index (χ1) is 13.5. The van der Waals surface area contributed by atoms with Crippen molar-refractivity contribution in [3.8, 4) is 0 Å². The van der Waals surface area contributed by atoms with Crippen LogP contribution in [0.25, 0.3) is 0 Å². The molecule has 150 valence electrons. The van der Waals surface area contributed by atoms with Crippen LogP contribution in [-0.4, -0.2) is 47.2 Å². The van der Waals surface area contributed by atoms with Gasteiger partial charge in [0.1, 0.15) is 11.9 Å². The molecular weight excluding hydrogens is 354 g/mol. The Labute approximate surface area is 165 Å². The van der Waals surface area contributed by atoms with Crippen molar-refractivity contribution in [2.75, 3.05) is 6.54 Å². The number of amides is 2. The Bertz CT molecular complexity index is 749. The van der Waals surface area contributed by atoms with Gasteiger partial charge < -0.3 is 21.3 Å². The first-order valence-corrected chi connectivity index (χ1v) is 10.3. The van der Waals surface area contributed by atoms with Gasteiger partial charge in [-0.2, -0.15) is 0 Å². The average Bonchev–Trinajstić information content (AvgIpc) is 3.10. The number of nitrogens with two attached hydrogens (primary N) is 1. The van der Waals surface area contributed by atoms with Crippen molar-refractivity contribution in [2.45, 2.75) is 63.2 Å². The molecule has 1 aliphatic carbocycles. The predicted molar refractivity (Wildman–Crippen MR) is 107 cm³/mol. The molecule has 2 amide bonds. The van der Waals surface area contributed by atoms with E-state index in [-0.39, 0.29) is 29.7 Å². The Kier molecular flexibility index (Phi) is 5.35. The van der Waals surface area contributed by atoms with Crippen molar-refractivity contribution in [1.82, 2.24) is 15.5 Å². The summed E-state index contributed by atoms with van der Waals surface area (Å²) < 4.78 is 0. The monoisotopic (exact) mass is 383 g/mol. The van der Waals surface area contributed by atoms with Crippen molar-refractivity contribution in [3.05, 3.63) is 35.4 Å². The molecule has 2 saturated heterocycles. The van der Waals surface area contributed by atoms with Crippen molar-refractivity contribution in [1.29, 1.82) is 5.41 Å². The fraction of sp³-hybridized carbons (Fsp3) is 0.571. The van der Waals surface area contributed by atoms with Gasteiger partial charge in [-0.25, -0.2) is 0 Å². The van der Waals surface area contributed by atoms with E-state index in [9.17, 15) is 9.59 Å². The highest BCUT2D eigenvalue weighted by atomic mass is 16.2. The molecule has 2 unspecified atom stereocenters. The molecule has 3 fully saturated rings. The van der Waals surface area contributed by atoms with Gasteiger partial charge in [0.25, 0.3) is 0 Å². The molecule has 0 bridgehead atoms. The van der Waals surface area contributed by atoms with Gasteiger partial charge in [0, 0.05) is 24.7 Å². The lowest BCUT2D eigenvalue weighted by atomic mass is 9.85. The van der Waals surface area contributed by atoms with Crippen LogP contribution in [-0.2, 0) is 16.1 Å². The van der Waals surface area contributed by atoms with Gasteiger partial charge in [0.15, 0.2) is 0 Å². The SMILES string of the molecule is N=C(N)c1ccc(CNC(=O)[C@@H]2CCN2C(=O)[C@H]2CC3CCCCC3N2)cc1. The third-order valence-electron chi connectivity index (χ3n) is 6.50. The first kappa shape index (κ1) is 18.9. The molecule has 0 aromatic heterocycles. The molecule has 5 N–H and O–H groups in total. The van der Waals surface area contributed by atoms with E-state index in [2.05, 4.69) is 10.6 Å². The van der Waals surface area contributed by atoms with E-state index < -0.39 is 0 Å². The van der Waals surface area contributed by atoms with Crippen LogP contribution in [0.1, 0.15) is 49.7 Å². The van der Waals surface area contributed by atoms with Crippen LogP contribution in [0, 0.1) is 11.3 Å². The van der Waals surface area contributed by atoms with E-state index in [0.717, 1.165) is 18.4 Å². The van der Waals surface area contributed by atoms with Crippen LogP contribution in [0.3, 0.4) is 0 Å². The highest BCUT2D eigenvalue weighted by molar-refractivity contribution is 5.95. The Morgan fingerprint density at radius 3 is 2.57 bits per heavy atom. The summed E-state index contributed by atoms with van der Waals surface area (Å²) in [4.78, 5) is 27.2. The zero-order valence-electron chi connectivity index (χ0n) is 16.1. The second-order valence-electron chi connectivity index (χ2n) is 8.27. The van der Waals surface area contributed by atoms with Gasteiger partial charge in [0.05, 0.1) is 6.04 Å². The number of hydrogen-bond donors (Lipinski definition) is 4. The molecule has 1 aromatic carbocycles. The smallest absolute Gasteiger partial charge is 0.243 e. The molecule has 7 nitrogen and oxygen atoms in total. The van der Waals surface area contributed by atoms with Gasteiger partial charge in [-0.05, 0) is 37.2 Å². The molecule has 0 radical (unpaired) electrons. The van der Waals surface area contributed by atoms with E-state index in [1.165, 1.54) is 25.7 Å². The third kappa shape index (κ3) is 3.76. The van der Waals surface area contributed by atoms with E-state index in [0.29, 0.717) is 30.6 Å². The standard InChI is InChI=1S/C21H29N5O2/c22-19(23)14-7-5-13(6-8-14)12-24-20(27)18-9-10-26(18)21(28)17-11-15-3-1-2-4-16(15)25-17/h5-8,15-18,25H,1-4,9-12H2,(H3,22,23)(H,24,27)/t15?,16?,17-,18+/m1/s1. The number of benzene rings is 1. The molecule has 4 rings (SSSR count). The maximum atomic E-state index is 12.9. The van der Waals surface area contributed by atoms with E-state index in [1.807, 2.05) is 12.1 Å². The second-order valence-corrected chi connectivity index (χ2v) is 8.27. The minimum absolute atomic E-state index is 0.0274. The Morgan fingerprint density at radius 2 is 1.93 bits per heavy atom. The zero-order valence-corrected chi connectivity index (χ0v) is 16.1. The predicted octanol–water partition coefficient (Wildman–Crippen LogP) is 1.11. The van der Waals surface area contributed by atoms with Crippen LogP contribution in [0.5, 0.6) is 0 Å². The number of carbonyl (C=O) groups excluding carboxylic acids is 2. The highest BCUT2D eigenvalue weighted by Crippen LogP contribution is 2.34. The zero-order chi connectivity index (χ0) is 19.7. The number of amidine groups is 1. The number of hydrogen-bond acceptors (Lipinski definition) is 4. The number of likely N-dealkylation sites (tertiary alicyclic amines) is 1. The molecule has 1 saturated carbocycles. The molecule has 1 aromatic rings. The molecule has 3 aliphatic rings. The molecule has 7 heteroatoms. The van der Waals surface area contributed by atoms with Gasteiger partial charge in [0.2, 0.25) is 11.8 Å². The maximum Gasteiger partial charge on any atom is 0.243 e. The lowest BCUT2D eigenvalue weighted by Crippen LogP contribution is -2.61. The van der Waals surface area contributed by atoms with Crippen LogP contribution in [0.4, 0.5) is 0 Å². The third-order valence-corrected chi connectivity index (χ3v) is 6.50. The van der Waals surface area contributed by atoms with Gasteiger partial charge in [-0.15, -0.1) is 0 Å². The maximum absolute atomic E-state index is 12.9. The Hall–Kier alpha value is -2.41. The quantitative estimate of drug-likeness (QED) is 0.451. The van der Waals surface area contributed by atoms with Crippen LogP contribution in [0.2, 0.25) is 0 Å². The first-order valence-electron chi connectivity index (χ1n) is 10.3. The molecule has 28 heavy (non-hydrogen) atoms. The topological polar surface area (TPSA) is 111 Å². The summed E-state index contributed by atoms with van der Waals surface area (Å²) in [5, 5.41) is 13.9. The largest absolute Gasteiger partial charge is 0.384 e. The summed E-state index contributed by atoms with van der Waals surface area (Å²) in [6.45, 7) is 1.07. The van der Waals surface area contributed by atoms with Crippen molar-refractivity contribution >= 4 is 17.6 Å². The summed E-state index contributed by atoms with van der Waals surface area (Å²) >= 11 is 0. The number of nitrogen functional groups attached to an aromatic ring is 1. The van der Waals surface area contributed by atoms with Gasteiger partial charge >= 0.3 is 0 Å². The fourth-order valence-electron chi connectivity index (χ4n) is 4.74. The molecule has 0 spiro atoms. The van der Waals surface area contributed by atoms with Crippen molar-refractivity contribution in [2.24, 2.45) is 11.7 Å². The van der Waals surface area contributed by atoms with Crippen molar-refractivity contribution < 1.29 is 9.59 Å². The second kappa shape index (κ2) is 7.91. The van der Waals surface area contributed by atoms with Crippen LogP contribution in [0.15, 0.2) is 24.3 Å². The van der Waals surface area contributed by atoms with E-state index in [4.69, 9.17) is 11.1 Å². The van der Waals surface area contributed by atoms with Gasteiger partial charge in [-0.3, -0.25) is 15.0 Å². The number of carbonyl (C=O) groups is 2. The summed E-state index contributed by atoms with van der Waals surface area (Å²) in [7, 11) is 0. The number of nitrogens with zero attached hydrogens (tertiary/aromatic N) is 1. The lowest BCUT2D eigenvalue weighted by molar-refractivity contribution is -0.148. The van der Waals surface area contributed by atoms with Crippen molar-refractivity contribution in [3.63, 3.8) is 0 Å². The Balaban J connectivity index is 1.29. The molecule has 4 atom stereocenters. The Morgan fingerprint density at radius 1 is 1.18 bits per heavy atom. The fourth-order valence-corrected chi connectivity index (χ4v) is 4.74. The summed E-state index contributed by atoms with van der Waals surface area (Å²) in [5.41, 5.74) is 7.06. The molecular formula is C21H29N5O2. The highest BCUT2D eigenvalue weighted by Gasteiger charge is 2.44.